The van der Waals surface area contributed by atoms with Crippen LogP contribution in [0.5, 0.6) is 11.5 Å². The van der Waals surface area contributed by atoms with E-state index in [4.69, 9.17) is 9.47 Å². The summed E-state index contributed by atoms with van der Waals surface area (Å²) in [5.74, 6) is 1.65. The van der Waals surface area contributed by atoms with E-state index in [1.807, 2.05) is 109 Å². The first-order chi connectivity index (χ1) is 15.8. The molecule has 0 aliphatic heterocycles. The highest BCUT2D eigenvalue weighted by Crippen LogP contribution is 2.15. The van der Waals surface area contributed by atoms with Crippen LogP contribution in [0.2, 0.25) is 0 Å². The minimum atomic E-state index is 0.550. The molecule has 0 atom stereocenters. The molecule has 4 rings (SSSR count). The van der Waals surface area contributed by atoms with E-state index < -0.39 is 0 Å². The third-order valence-electron chi connectivity index (χ3n) is 4.74. The summed E-state index contributed by atoms with van der Waals surface area (Å²) in [7, 11) is 0. The van der Waals surface area contributed by atoms with Crippen molar-refractivity contribution in [1.29, 1.82) is 0 Å². The minimum absolute atomic E-state index is 0.550. The van der Waals surface area contributed by atoms with Gasteiger partial charge in [0.1, 0.15) is 24.7 Å². The molecule has 0 radical (unpaired) electrons. The minimum Gasteiger partial charge on any atom is -0.489 e. The van der Waals surface area contributed by atoms with Gasteiger partial charge in [-0.15, -0.1) is 0 Å². The average Bonchev–Trinajstić information content (AvgIpc) is 2.87. The van der Waals surface area contributed by atoms with Crippen molar-refractivity contribution in [3.63, 3.8) is 0 Å². The molecule has 158 valence electrons. The number of ether oxygens (including phenoxy) is 2. The van der Waals surface area contributed by atoms with E-state index in [0.717, 1.165) is 33.8 Å². The third kappa shape index (κ3) is 6.67. The molecule has 0 aliphatic carbocycles. The van der Waals surface area contributed by atoms with Crippen molar-refractivity contribution >= 4 is 12.4 Å². The SMILES string of the molecule is C(=NN=Cc1ccc(OCc2ccccc2)cc1)c1ccc(OCc2ccccc2)cc1. The molecule has 0 aliphatic rings. The highest BCUT2D eigenvalue weighted by Gasteiger charge is 1.97. The molecule has 4 nitrogen and oxygen atoms in total. The average molecular weight is 421 g/mol. The molecule has 0 bridgehead atoms. The van der Waals surface area contributed by atoms with E-state index in [-0.39, 0.29) is 0 Å². The van der Waals surface area contributed by atoms with Gasteiger partial charge in [0.05, 0.1) is 12.4 Å². The molecule has 0 N–H and O–H groups in total. The Labute approximate surface area is 188 Å². The summed E-state index contributed by atoms with van der Waals surface area (Å²) in [6.45, 7) is 1.10. The highest BCUT2D eigenvalue weighted by atomic mass is 16.5. The molecule has 0 saturated carbocycles. The molecule has 0 amide bonds. The molecular weight excluding hydrogens is 396 g/mol. The molecule has 0 aromatic heterocycles. The fourth-order valence-corrected chi connectivity index (χ4v) is 2.98. The van der Waals surface area contributed by atoms with Crippen LogP contribution in [0, 0.1) is 0 Å². The van der Waals surface area contributed by atoms with Gasteiger partial charge in [-0.1, -0.05) is 60.7 Å². The van der Waals surface area contributed by atoms with Crippen molar-refractivity contribution in [3.05, 3.63) is 131 Å². The first kappa shape index (κ1) is 21.1. The van der Waals surface area contributed by atoms with Crippen LogP contribution in [0.1, 0.15) is 22.3 Å². The van der Waals surface area contributed by atoms with Crippen LogP contribution in [-0.2, 0) is 13.2 Å². The second-order valence-electron chi connectivity index (χ2n) is 7.18. The molecule has 0 heterocycles. The van der Waals surface area contributed by atoms with Crippen molar-refractivity contribution < 1.29 is 9.47 Å². The van der Waals surface area contributed by atoms with Gasteiger partial charge in [-0.2, -0.15) is 10.2 Å². The molecule has 32 heavy (non-hydrogen) atoms. The van der Waals surface area contributed by atoms with Crippen LogP contribution in [0.3, 0.4) is 0 Å². The lowest BCUT2D eigenvalue weighted by molar-refractivity contribution is 0.306. The lowest BCUT2D eigenvalue weighted by Gasteiger charge is -2.06. The van der Waals surface area contributed by atoms with Crippen molar-refractivity contribution in [2.24, 2.45) is 10.2 Å². The quantitative estimate of drug-likeness (QED) is 0.236. The molecule has 0 saturated heterocycles. The first-order valence-electron chi connectivity index (χ1n) is 10.5. The van der Waals surface area contributed by atoms with E-state index in [9.17, 15) is 0 Å². The van der Waals surface area contributed by atoms with E-state index in [1.54, 1.807) is 12.4 Å². The van der Waals surface area contributed by atoms with Gasteiger partial charge in [0.15, 0.2) is 0 Å². The molecule has 4 aromatic carbocycles. The summed E-state index contributed by atoms with van der Waals surface area (Å²) in [6.07, 6.45) is 3.43. The molecule has 0 spiro atoms. The second-order valence-corrected chi connectivity index (χ2v) is 7.18. The van der Waals surface area contributed by atoms with Crippen LogP contribution in [0.4, 0.5) is 0 Å². The zero-order chi connectivity index (χ0) is 21.8. The molecule has 4 aromatic rings. The van der Waals surface area contributed by atoms with Crippen LogP contribution in [0.25, 0.3) is 0 Å². The summed E-state index contributed by atoms with van der Waals surface area (Å²) >= 11 is 0. The van der Waals surface area contributed by atoms with Gasteiger partial charge in [0.2, 0.25) is 0 Å². The summed E-state index contributed by atoms with van der Waals surface area (Å²) in [4.78, 5) is 0. The Balaban J connectivity index is 1.24. The zero-order valence-corrected chi connectivity index (χ0v) is 17.7. The van der Waals surface area contributed by atoms with Gasteiger partial charge in [-0.25, -0.2) is 0 Å². The van der Waals surface area contributed by atoms with Crippen molar-refractivity contribution in [1.82, 2.24) is 0 Å². The van der Waals surface area contributed by atoms with E-state index in [2.05, 4.69) is 10.2 Å². The van der Waals surface area contributed by atoms with Crippen LogP contribution < -0.4 is 9.47 Å². The van der Waals surface area contributed by atoms with Gasteiger partial charge in [0, 0.05) is 0 Å². The maximum absolute atomic E-state index is 5.80. The van der Waals surface area contributed by atoms with Crippen LogP contribution in [-0.4, -0.2) is 12.4 Å². The Morgan fingerprint density at radius 1 is 0.469 bits per heavy atom. The third-order valence-corrected chi connectivity index (χ3v) is 4.74. The summed E-state index contributed by atoms with van der Waals surface area (Å²) in [5.41, 5.74) is 4.20. The van der Waals surface area contributed by atoms with Crippen LogP contribution in [0.15, 0.2) is 119 Å². The Hall–Kier alpha value is -4.18. The molecular formula is C28H24N2O2. The summed E-state index contributed by atoms with van der Waals surface area (Å²) < 4.78 is 11.6. The fraction of sp³-hybridized carbons (Fsp3) is 0.0714. The van der Waals surface area contributed by atoms with Gasteiger partial charge in [0.25, 0.3) is 0 Å². The Bertz CT molecular complexity index is 1040. The number of benzene rings is 4. The molecule has 4 heteroatoms. The van der Waals surface area contributed by atoms with E-state index in [0.29, 0.717) is 13.2 Å². The lowest BCUT2D eigenvalue weighted by Crippen LogP contribution is -1.95. The smallest absolute Gasteiger partial charge is 0.119 e. The normalized spacial score (nSPS) is 11.1. The highest BCUT2D eigenvalue weighted by molar-refractivity contribution is 5.82. The van der Waals surface area contributed by atoms with E-state index >= 15 is 0 Å². The van der Waals surface area contributed by atoms with Crippen molar-refractivity contribution in [2.45, 2.75) is 13.2 Å². The summed E-state index contributed by atoms with van der Waals surface area (Å²) in [6, 6.07) is 35.8. The van der Waals surface area contributed by atoms with E-state index in [1.165, 1.54) is 0 Å². The largest absolute Gasteiger partial charge is 0.489 e. The van der Waals surface area contributed by atoms with Crippen molar-refractivity contribution in [2.75, 3.05) is 0 Å². The zero-order valence-electron chi connectivity index (χ0n) is 17.7. The summed E-state index contributed by atoms with van der Waals surface area (Å²) in [5, 5.41) is 8.26. The Morgan fingerprint density at radius 3 is 1.22 bits per heavy atom. The number of hydrogen-bond acceptors (Lipinski definition) is 4. The van der Waals surface area contributed by atoms with Crippen LogP contribution >= 0.6 is 0 Å². The van der Waals surface area contributed by atoms with Gasteiger partial charge in [-0.05, 0) is 70.8 Å². The molecule has 0 unspecified atom stereocenters. The number of hydrogen-bond donors (Lipinski definition) is 0. The maximum Gasteiger partial charge on any atom is 0.119 e. The molecule has 0 fully saturated rings. The second kappa shape index (κ2) is 11.3. The van der Waals surface area contributed by atoms with Gasteiger partial charge in [-0.3, -0.25) is 0 Å². The van der Waals surface area contributed by atoms with Crippen molar-refractivity contribution in [3.8, 4) is 11.5 Å². The predicted octanol–water partition coefficient (Wildman–Crippen LogP) is 6.30. The monoisotopic (exact) mass is 420 g/mol. The fourth-order valence-electron chi connectivity index (χ4n) is 2.98. The first-order valence-corrected chi connectivity index (χ1v) is 10.5. The van der Waals surface area contributed by atoms with Gasteiger partial charge >= 0.3 is 0 Å². The number of rotatable bonds is 9. The Morgan fingerprint density at radius 2 is 0.844 bits per heavy atom. The maximum atomic E-state index is 5.80. The standard InChI is InChI=1S/C28H24N2O2/c1-3-7-25(8-4-1)21-31-27-15-11-23(12-16-27)19-29-30-20-24-13-17-28(18-14-24)32-22-26-9-5-2-6-10-26/h1-20H,21-22H2. The topological polar surface area (TPSA) is 43.2 Å². The number of nitrogens with zero attached hydrogens (tertiary/aromatic N) is 2. The van der Waals surface area contributed by atoms with Gasteiger partial charge < -0.3 is 9.47 Å². The Kier molecular flexibility index (Phi) is 7.42. The predicted molar refractivity (Wildman–Crippen MR) is 130 cm³/mol. The lowest BCUT2D eigenvalue weighted by atomic mass is 10.2.